The third kappa shape index (κ3) is 1.66. The van der Waals surface area contributed by atoms with Gasteiger partial charge >= 0.3 is 0 Å². The average Bonchev–Trinajstić information content (AvgIpc) is 1.94. The van der Waals surface area contributed by atoms with Crippen LogP contribution in [0, 0.1) is 0 Å². The molecular formula is C9H11ClO. The number of hydrogen-bond donors (Lipinski definition) is 1. The number of phenolic OH excluding ortho intramolecular Hbond substituents is 1. The zero-order chi connectivity index (χ0) is 8.43. The van der Waals surface area contributed by atoms with Gasteiger partial charge < -0.3 is 5.11 Å². The maximum absolute atomic E-state index is 9.44. The number of halogens is 1. The van der Waals surface area contributed by atoms with Crippen molar-refractivity contribution in [2.45, 2.75) is 19.8 Å². The molecule has 1 N–H and O–H groups in total. The van der Waals surface area contributed by atoms with E-state index < -0.39 is 0 Å². The van der Waals surface area contributed by atoms with Gasteiger partial charge in [-0.2, -0.15) is 0 Å². The van der Waals surface area contributed by atoms with Crippen LogP contribution in [0.15, 0.2) is 18.2 Å². The molecule has 0 aliphatic rings. The van der Waals surface area contributed by atoms with Gasteiger partial charge in [0.1, 0.15) is 5.75 Å². The van der Waals surface area contributed by atoms with Crippen LogP contribution >= 0.6 is 11.6 Å². The molecule has 0 amide bonds. The van der Waals surface area contributed by atoms with Crippen molar-refractivity contribution in [1.82, 2.24) is 0 Å². The summed E-state index contributed by atoms with van der Waals surface area (Å²) in [6, 6.07) is 5.41. The molecule has 2 heteroatoms. The van der Waals surface area contributed by atoms with Crippen LogP contribution in [-0.2, 0) is 0 Å². The summed E-state index contributed by atoms with van der Waals surface area (Å²) in [5.74, 6) is 0.526. The first-order valence-corrected chi connectivity index (χ1v) is 3.98. The lowest BCUT2D eigenvalue weighted by atomic mass is 10.0. The summed E-state index contributed by atoms with van der Waals surface area (Å²) in [6.07, 6.45) is 0. The van der Waals surface area contributed by atoms with Crippen LogP contribution in [0.25, 0.3) is 0 Å². The summed E-state index contributed by atoms with van der Waals surface area (Å²) >= 11 is 5.71. The van der Waals surface area contributed by atoms with Crippen molar-refractivity contribution in [3.63, 3.8) is 0 Å². The third-order valence-corrected chi connectivity index (χ3v) is 1.94. The van der Waals surface area contributed by atoms with Crippen LogP contribution in [0.2, 0.25) is 5.02 Å². The normalized spacial score (nSPS) is 10.5. The molecule has 1 aromatic rings. The van der Waals surface area contributed by atoms with Crippen molar-refractivity contribution in [3.8, 4) is 5.75 Å². The zero-order valence-corrected chi connectivity index (χ0v) is 7.39. The van der Waals surface area contributed by atoms with Crippen LogP contribution in [0.1, 0.15) is 25.3 Å². The SMILES string of the molecule is CC(C)c1cccc(Cl)c1O. The van der Waals surface area contributed by atoms with Crippen molar-refractivity contribution in [2.75, 3.05) is 0 Å². The molecule has 0 fully saturated rings. The summed E-state index contributed by atoms with van der Waals surface area (Å²) in [4.78, 5) is 0. The number of para-hydroxylation sites is 1. The Kier molecular flexibility index (Phi) is 2.40. The topological polar surface area (TPSA) is 20.2 Å². The highest BCUT2D eigenvalue weighted by Gasteiger charge is 2.07. The van der Waals surface area contributed by atoms with Crippen molar-refractivity contribution in [2.24, 2.45) is 0 Å². The summed E-state index contributed by atoms with van der Waals surface area (Å²) < 4.78 is 0. The first-order valence-electron chi connectivity index (χ1n) is 3.60. The lowest BCUT2D eigenvalue weighted by Crippen LogP contribution is -1.87. The minimum Gasteiger partial charge on any atom is -0.506 e. The standard InChI is InChI=1S/C9H11ClO/c1-6(2)7-4-3-5-8(10)9(7)11/h3-6,11H,1-2H3. The summed E-state index contributed by atoms with van der Waals surface area (Å²) in [5.41, 5.74) is 0.900. The van der Waals surface area contributed by atoms with Crippen LogP contribution in [0.5, 0.6) is 5.75 Å². The van der Waals surface area contributed by atoms with E-state index in [0.717, 1.165) is 5.56 Å². The van der Waals surface area contributed by atoms with Crippen molar-refractivity contribution in [1.29, 1.82) is 0 Å². The van der Waals surface area contributed by atoms with Crippen LogP contribution in [0.3, 0.4) is 0 Å². The van der Waals surface area contributed by atoms with E-state index in [9.17, 15) is 5.11 Å². The molecule has 0 spiro atoms. The Balaban J connectivity index is 3.17. The van der Waals surface area contributed by atoms with Crippen molar-refractivity contribution < 1.29 is 5.11 Å². The molecule has 0 aliphatic carbocycles. The zero-order valence-electron chi connectivity index (χ0n) is 6.63. The van der Waals surface area contributed by atoms with E-state index in [-0.39, 0.29) is 5.75 Å². The maximum atomic E-state index is 9.44. The van der Waals surface area contributed by atoms with E-state index in [1.54, 1.807) is 6.07 Å². The Hall–Kier alpha value is -0.690. The lowest BCUT2D eigenvalue weighted by Gasteiger charge is -2.08. The van der Waals surface area contributed by atoms with Gasteiger partial charge in [0.25, 0.3) is 0 Å². The first-order chi connectivity index (χ1) is 5.13. The molecule has 0 aromatic heterocycles. The van der Waals surface area contributed by atoms with Gasteiger partial charge in [0.05, 0.1) is 5.02 Å². The number of rotatable bonds is 1. The monoisotopic (exact) mass is 170 g/mol. The maximum Gasteiger partial charge on any atom is 0.137 e. The second-order valence-electron chi connectivity index (χ2n) is 2.83. The second kappa shape index (κ2) is 3.14. The molecule has 0 heterocycles. The Morgan fingerprint density at radius 3 is 2.45 bits per heavy atom. The second-order valence-corrected chi connectivity index (χ2v) is 3.24. The van der Waals surface area contributed by atoms with Gasteiger partial charge in [-0.3, -0.25) is 0 Å². The van der Waals surface area contributed by atoms with E-state index in [1.807, 2.05) is 26.0 Å². The van der Waals surface area contributed by atoms with Crippen LogP contribution in [-0.4, -0.2) is 5.11 Å². The van der Waals surface area contributed by atoms with Crippen LogP contribution in [0.4, 0.5) is 0 Å². The molecule has 0 saturated heterocycles. The molecule has 11 heavy (non-hydrogen) atoms. The van der Waals surface area contributed by atoms with Gasteiger partial charge in [-0.25, -0.2) is 0 Å². The lowest BCUT2D eigenvalue weighted by molar-refractivity contribution is 0.465. The molecule has 0 aliphatic heterocycles. The Labute approximate surface area is 71.6 Å². The van der Waals surface area contributed by atoms with Gasteiger partial charge in [0.15, 0.2) is 0 Å². The fourth-order valence-corrected chi connectivity index (χ4v) is 1.18. The van der Waals surface area contributed by atoms with Gasteiger partial charge in [-0.1, -0.05) is 37.6 Å². The molecule has 60 valence electrons. The van der Waals surface area contributed by atoms with E-state index in [2.05, 4.69) is 0 Å². The number of aromatic hydroxyl groups is 1. The van der Waals surface area contributed by atoms with Crippen molar-refractivity contribution in [3.05, 3.63) is 28.8 Å². The smallest absolute Gasteiger partial charge is 0.137 e. The molecule has 1 aromatic carbocycles. The number of hydrogen-bond acceptors (Lipinski definition) is 1. The molecular weight excluding hydrogens is 160 g/mol. The minimum absolute atomic E-state index is 0.212. The predicted molar refractivity (Wildman–Crippen MR) is 47.2 cm³/mol. The molecule has 0 atom stereocenters. The quantitative estimate of drug-likeness (QED) is 0.687. The van der Waals surface area contributed by atoms with E-state index in [1.165, 1.54) is 0 Å². The van der Waals surface area contributed by atoms with Gasteiger partial charge in [-0.15, -0.1) is 0 Å². The third-order valence-electron chi connectivity index (χ3n) is 1.64. The summed E-state index contributed by atoms with van der Waals surface area (Å²) in [6.45, 7) is 4.04. The average molecular weight is 171 g/mol. The molecule has 0 bridgehead atoms. The fraction of sp³-hybridized carbons (Fsp3) is 0.333. The largest absolute Gasteiger partial charge is 0.506 e. The predicted octanol–water partition coefficient (Wildman–Crippen LogP) is 3.17. The highest BCUT2D eigenvalue weighted by molar-refractivity contribution is 6.32. The molecule has 1 rings (SSSR count). The Morgan fingerprint density at radius 2 is 2.00 bits per heavy atom. The highest BCUT2D eigenvalue weighted by Crippen LogP contribution is 2.31. The van der Waals surface area contributed by atoms with Gasteiger partial charge in [0, 0.05) is 0 Å². The number of phenols is 1. The molecule has 1 nitrogen and oxygen atoms in total. The number of benzene rings is 1. The van der Waals surface area contributed by atoms with Gasteiger partial charge in [0.2, 0.25) is 0 Å². The Morgan fingerprint density at radius 1 is 1.36 bits per heavy atom. The van der Waals surface area contributed by atoms with Gasteiger partial charge in [-0.05, 0) is 17.5 Å². The molecule has 0 saturated carbocycles. The van der Waals surface area contributed by atoms with E-state index in [0.29, 0.717) is 10.9 Å². The summed E-state index contributed by atoms with van der Waals surface area (Å²) in [7, 11) is 0. The minimum atomic E-state index is 0.212. The summed E-state index contributed by atoms with van der Waals surface area (Å²) in [5, 5.41) is 9.86. The fourth-order valence-electron chi connectivity index (χ4n) is 0.998. The molecule has 0 unspecified atom stereocenters. The van der Waals surface area contributed by atoms with Crippen LogP contribution < -0.4 is 0 Å². The van der Waals surface area contributed by atoms with E-state index in [4.69, 9.17) is 11.6 Å². The van der Waals surface area contributed by atoms with E-state index >= 15 is 0 Å². The van der Waals surface area contributed by atoms with Crippen molar-refractivity contribution >= 4 is 11.6 Å². The molecule has 0 radical (unpaired) electrons. The first kappa shape index (κ1) is 8.41. The highest BCUT2D eigenvalue weighted by atomic mass is 35.5. The Bertz CT molecular complexity index is 256.